The Kier molecular flexibility index (Phi) is 5.61. The average Bonchev–Trinajstić information content (AvgIpc) is 3.19. The second-order valence-corrected chi connectivity index (χ2v) is 8.18. The van der Waals surface area contributed by atoms with E-state index in [2.05, 4.69) is 4.98 Å². The molecule has 1 amide bonds. The van der Waals surface area contributed by atoms with Crippen LogP contribution >= 0.6 is 0 Å². The molecule has 0 radical (unpaired) electrons. The van der Waals surface area contributed by atoms with Crippen LogP contribution in [0.25, 0.3) is 11.0 Å². The summed E-state index contributed by atoms with van der Waals surface area (Å²) in [6.07, 6.45) is 3.33. The van der Waals surface area contributed by atoms with Crippen molar-refractivity contribution in [2.45, 2.75) is 39.2 Å². The molecule has 3 aromatic rings. The lowest BCUT2D eigenvalue weighted by Crippen LogP contribution is -2.40. The first kappa shape index (κ1) is 20.2. The first-order chi connectivity index (χ1) is 14.5. The second kappa shape index (κ2) is 8.34. The van der Waals surface area contributed by atoms with Crippen LogP contribution in [0.5, 0.6) is 5.75 Å². The van der Waals surface area contributed by atoms with Gasteiger partial charge in [0.2, 0.25) is 0 Å². The fraction of sp³-hybridized carbons (Fsp3) is 0.435. The van der Waals surface area contributed by atoms with Gasteiger partial charge in [-0.3, -0.25) is 14.2 Å². The molecule has 1 aliphatic heterocycles. The van der Waals surface area contributed by atoms with Gasteiger partial charge in [0, 0.05) is 31.1 Å². The molecule has 0 atom stereocenters. The zero-order chi connectivity index (χ0) is 21.3. The molecule has 7 nitrogen and oxygen atoms in total. The van der Waals surface area contributed by atoms with Gasteiger partial charge in [0.15, 0.2) is 17.1 Å². The van der Waals surface area contributed by atoms with Gasteiger partial charge in [0.05, 0.1) is 19.1 Å². The molecule has 0 N–H and O–H groups in total. The molecular formula is C23H27N3O4. The zero-order valence-electron chi connectivity index (χ0n) is 17.6. The van der Waals surface area contributed by atoms with E-state index in [-0.39, 0.29) is 17.4 Å². The predicted molar refractivity (Wildman–Crippen MR) is 114 cm³/mol. The number of likely N-dealkylation sites (tertiary alicyclic amines) is 1. The maximum absolute atomic E-state index is 12.9. The Bertz CT molecular complexity index is 1110. The molecule has 1 aliphatic rings. The SMILES string of the molecule is COc1cccc2cc(C(=O)N3CCC(Cn4cnc(C(C)C)cc4=O)CC3)oc12. The maximum Gasteiger partial charge on any atom is 0.289 e. The number of nitrogens with zero attached hydrogens (tertiary/aromatic N) is 3. The fourth-order valence-corrected chi connectivity index (χ4v) is 3.95. The summed E-state index contributed by atoms with van der Waals surface area (Å²) in [6, 6.07) is 8.99. The Morgan fingerprint density at radius 2 is 2.03 bits per heavy atom. The molecule has 2 aromatic heterocycles. The smallest absolute Gasteiger partial charge is 0.289 e. The van der Waals surface area contributed by atoms with E-state index in [4.69, 9.17) is 9.15 Å². The summed E-state index contributed by atoms with van der Waals surface area (Å²) in [5.74, 6) is 1.42. The van der Waals surface area contributed by atoms with Gasteiger partial charge in [0.1, 0.15) is 0 Å². The van der Waals surface area contributed by atoms with Gasteiger partial charge >= 0.3 is 0 Å². The highest BCUT2D eigenvalue weighted by Gasteiger charge is 2.26. The number of rotatable bonds is 5. The van der Waals surface area contributed by atoms with E-state index < -0.39 is 0 Å². The molecule has 158 valence electrons. The normalized spacial score (nSPS) is 15.1. The number of ether oxygens (including phenoxy) is 1. The monoisotopic (exact) mass is 409 g/mol. The van der Waals surface area contributed by atoms with Gasteiger partial charge in [-0.25, -0.2) is 4.98 Å². The Morgan fingerprint density at radius 3 is 2.70 bits per heavy atom. The number of methoxy groups -OCH3 is 1. The maximum atomic E-state index is 12.9. The molecule has 3 heterocycles. The van der Waals surface area contributed by atoms with Gasteiger partial charge in [-0.1, -0.05) is 26.0 Å². The van der Waals surface area contributed by atoms with Crippen LogP contribution in [0.3, 0.4) is 0 Å². The molecule has 0 saturated carbocycles. The van der Waals surface area contributed by atoms with E-state index in [0.29, 0.717) is 42.6 Å². The number of hydrogen-bond acceptors (Lipinski definition) is 5. The van der Waals surface area contributed by atoms with Gasteiger partial charge < -0.3 is 14.1 Å². The third-order valence-electron chi connectivity index (χ3n) is 5.79. The van der Waals surface area contributed by atoms with E-state index in [1.165, 1.54) is 0 Å². The number of benzene rings is 1. The predicted octanol–water partition coefficient (Wildman–Crippen LogP) is 3.67. The minimum absolute atomic E-state index is 0.0107. The number of piperidine rings is 1. The number of carbonyl (C=O) groups is 1. The Balaban J connectivity index is 1.40. The van der Waals surface area contributed by atoms with E-state index >= 15 is 0 Å². The summed E-state index contributed by atoms with van der Waals surface area (Å²) >= 11 is 0. The Hall–Kier alpha value is -3.09. The third-order valence-corrected chi connectivity index (χ3v) is 5.79. The van der Waals surface area contributed by atoms with Crippen LogP contribution in [0.1, 0.15) is 48.9 Å². The van der Waals surface area contributed by atoms with Crippen molar-refractivity contribution in [1.29, 1.82) is 0 Å². The van der Waals surface area contributed by atoms with Crippen LogP contribution in [0.4, 0.5) is 0 Å². The topological polar surface area (TPSA) is 77.6 Å². The number of para-hydroxylation sites is 1. The number of fused-ring (bicyclic) bond motifs is 1. The molecule has 1 saturated heterocycles. The number of furan rings is 1. The number of amides is 1. The quantitative estimate of drug-likeness (QED) is 0.642. The zero-order valence-corrected chi connectivity index (χ0v) is 17.6. The first-order valence-corrected chi connectivity index (χ1v) is 10.4. The molecule has 0 spiro atoms. The van der Waals surface area contributed by atoms with E-state index in [0.717, 1.165) is 23.9 Å². The van der Waals surface area contributed by atoms with Gasteiger partial charge in [0.25, 0.3) is 11.5 Å². The van der Waals surface area contributed by atoms with Crippen LogP contribution in [0.15, 0.2) is 45.9 Å². The summed E-state index contributed by atoms with van der Waals surface area (Å²) < 4.78 is 12.8. The van der Waals surface area contributed by atoms with Crippen molar-refractivity contribution in [3.63, 3.8) is 0 Å². The Morgan fingerprint density at radius 1 is 1.27 bits per heavy atom. The van der Waals surface area contributed by atoms with Crippen molar-refractivity contribution in [3.8, 4) is 5.75 Å². The molecule has 1 fully saturated rings. The molecule has 0 aliphatic carbocycles. The standard InChI is InChI=1S/C23H27N3O4/c1-15(2)18-12-21(27)26(14-24-18)13-16-7-9-25(10-8-16)23(28)20-11-17-5-4-6-19(29-3)22(17)30-20/h4-6,11-12,14-16H,7-10,13H2,1-3H3. The number of aromatic nitrogens is 2. The van der Waals surface area contributed by atoms with Crippen LogP contribution in [-0.2, 0) is 6.54 Å². The molecular weight excluding hydrogens is 382 g/mol. The number of hydrogen-bond donors (Lipinski definition) is 0. The van der Waals surface area contributed by atoms with Crippen molar-refractivity contribution in [3.05, 3.63) is 58.5 Å². The van der Waals surface area contributed by atoms with Crippen molar-refractivity contribution in [2.75, 3.05) is 20.2 Å². The summed E-state index contributed by atoms with van der Waals surface area (Å²) in [5.41, 5.74) is 1.40. The summed E-state index contributed by atoms with van der Waals surface area (Å²) in [5, 5.41) is 0.851. The molecule has 4 rings (SSSR count). The minimum atomic E-state index is -0.105. The fourth-order valence-electron chi connectivity index (χ4n) is 3.95. The lowest BCUT2D eigenvalue weighted by atomic mass is 9.96. The second-order valence-electron chi connectivity index (χ2n) is 8.18. The number of carbonyl (C=O) groups excluding carboxylic acids is 1. The van der Waals surface area contributed by atoms with E-state index in [1.54, 1.807) is 30.1 Å². The van der Waals surface area contributed by atoms with E-state index in [1.807, 2.05) is 36.9 Å². The van der Waals surface area contributed by atoms with Gasteiger partial charge in [-0.05, 0) is 36.8 Å². The summed E-state index contributed by atoms with van der Waals surface area (Å²) in [4.78, 5) is 31.5. The minimum Gasteiger partial charge on any atom is -0.493 e. The molecule has 30 heavy (non-hydrogen) atoms. The highest BCUT2D eigenvalue weighted by molar-refractivity contribution is 5.97. The van der Waals surface area contributed by atoms with Crippen molar-refractivity contribution in [2.24, 2.45) is 5.92 Å². The van der Waals surface area contributed by atoms with Crippen LogP contribution in [0, 0.1) is 5.92 Å². The van der Waals surface area contributed by atoms with Crippen molar-refractivity contribution < 1.29 is 13.9 Å². The summed E-state index contributed by atoms with van der Waals surface area (Å²) in [6.45, 7) is 5.97. The molecule has 0 bridgehead atoms. The van der Waals surface area contributed by atoms with E-state index in [9.17, 15) is 9.59 Å². The van der Waals surface area contributed by atoms with Crippen LogP contribution in [0.2, 0.25) is 0 Å². The summed E-state index contributed by atoms with van der Waals surface area (Å²) in [7, 11) is 1.58. The van der Waals surface area contributed by atoms with Gasteiger partial charge in [-0.2, -0.15) is 0 Å². The molecule has 7 heteroatoms. The van der Waals surface area contributed by atoms with Crippen molar-refractivity contribution in [1.82, 2.24) is 14.5 Å². The lowest BCUT2D eigenvalue weighted by Gasteiger charge is -2.31. The largest absolute Gasteiger partial charge is 0.493 e. The third kappa shape index (κ3) is 3.97. The highest BCUT2D eigenvalue weighted by atomic mass is 16.5. The lowest BCUT2D eigenvalue weighted by molar-refractivity contribution is 0.0652. The molecule has 1 aromatic carbocycles. The highest BCUT2D eigenvalue weighted by Crippen LogP contribution is 2.29. The van der Waals surface area contributed by atoms with Crippen LogP contribution < -0.4 is 10.3 Å². The van der Waals surface area contributed by atoms with Gasteiger partial charge in [-0.15, -0.1) is 0 Å². The first-order valence-electron chi connectivity index (χ1n) is 10.4. The average molecular weight is 409 g/mol. The Labute approximate surface area is 175 Å². The van der Waals surface area contributed by atoms with Crippen molar-refractivity contribution >= 4 is 16.9 Å². The van der Waals surface area contributed by atoms with Crippen LogP contribution in [-0.4, -0.2) is 40.6 Å². The molecule has 0 unspecified atom stereocenters.